The molecular weight excluding hydrogens is 380 g/mol. The van der Waals surface area contributed by atoms with Gasteiger partial charge in [0.2, 0.25) is 15.9 Å². The average Bonchev–Trinajstić information content (AvgIpc) is 3.14. The molecule has 1 amide bonds. The lowest BCUT2D eigenvalue weighted by Gasteiger charge is -2.35. The van der Waals surface area contributed by atoms with Crippen molar-refractivity contribution in [3.8, 4) is 0 Å². The van der Waals surface area contributed by atoms with E-state index in [1.165, 1.54) is 27.2 Å². The minimum atomic E-state index is -3.70. The molecule has 0 radical (unpaired) electrons. The summed E-state index contributed by atoms with van der Waals surface area (Å²) in [6, 6.07) is 6.33. The smallest absolute Gasteiger partial charge is 0.251 e. The number of nitrogens with zero attached hydrogens (tertiary/aromatic N) is 4. The van der Waals surface area contributed by atoms with Crippen LogP contribution in [0.1, 0.15) is 32.5 Å². The molecular formula is C19H26N4O4S. The van der Waals surface area contributed by atoms with Gasteiger partial charge in [0.1, 0.15) is 6.54 Å². The van der Waals surface area contributed by atoms with E-state index in [1.54, 1.807) is 18.7 Å². The summed E-state index contributed by atoms with van der Waals surface area (Å²) >= 11 is 0. The van der Waals surface area contributed by atoms with Crippen molar-refractivity contribution in [1.82, 2.24) is 18.3 Å². The van der Waals surface area contributed by atoms with E-state index in [0.717, 1.165) is 5.69 Å². The zero-order valence-corrected chi connectivity index (χ0v) is 17.2. The van der Waals surface area contributed by atoms with Gasteiger partial charge in [-0.1, -0.05) is 13.8 Å². The molecule has 1 aliphatic rings. The second-order valence-corrected chi connectivity index (χ2v) is 8.75. The summed E-state index contributed by atoms with van der Waals surface area (Å²) in [6.07, 6.45) is 3.25. The quantitative estimate of drug-likeness (QED) is 0.723. The molecule has 0 bridgehead atoms. The van der Waals surface area contributed by atoms with E-state index >= 15 is 0 Å². The lowest BCUT2D eigenvalue weighted by atomic mass is 10.1. The van der Waals surface area contributed by atoms with E-state index in [2.05, 4.69) is 4.57 Å². The van der Waals surface area contributed by atoms with Gasteiger partial charge < -0.3 is 14.0 Å². The van der Waals surface area contributed by atoms with Gasteiger partial charge in [-0.15, -0.1) is 0 Å². The Morgan fingerprint density at radius 3 is 2.57 bits per heavy atom. The first-order chi connectivity index (χ1) is 13.3. The third-order valence-electron chi connectivity index (χ3n) is 5.27. The van der Waals surface area contributed by atoms with Crippen molar-refractivity contribution >= 4 is 15.9 Å². The van der Waals surface area contributed by atoms with E-state index in [0.29, 0.717) is 26.2 Å². The largest absolute Gasteiger partial charge is 0.348 e. The fraction of sp³-hybridized carbons (Fsp3) is 0.474. The molecule has 1 aliphatic heterocycles. The van der Waals surface area contributed by atoms with Gasteiger partial charge in [0.15, 0.2) is 0 Å². The fourth-order valence-electron chi connectivity index (χ4n) is 3.65. The predicted molar refractivity (Wildman–Crippen MR) is 105 cm³/mol. The van der Waals surface area contributed by atoms with Gasteiger partial charge in [0.25, 0.3) is 5.56 Å². The Hall–Kier alpha value is -2.39. The molecule has 0 aromatic carbocycles. The number of pyridine rings is 1. The molecule has 2 aromatic heterocycles. The minimum absolute atomic E-state index is 0.0177. The highest BCUT2D eigenvalue weighted by molar-refractivity contribution is 7.89. The van der Waals surface area contributed by atoms with Crippen LogP contribution in [0, 0.1) is 0 Å². The molecule has 0 aliphatic carbocycles. The summed E-state index contributed by atoms with van der Waals surface area (Å²) < 4.78 is 30.0. The molecule has 2 aromatic rings. The second-order valence-electron chi connectivity index (χ2n) is 6.81. The van der Waals surface area contributed by atoms with Crippen molar-refractivity contribution < 1.29 is 13.2 Å². The van der Waals surface area contributed by atoms with Crippen LogP contribution in [0.25, 0.3) is 0 Å². The lowest BCUT2D eigenvalue weighted by Crippen LogP contribution is -2.43. The van der Waals surface area contributed by atoms with Gasteiger partial charge >= 0.3 is 0 Å². The van der Waals surface area contributed by atoms with Crippen molar-refractivity contribution in [3.05, 3.63) is 52.7 Å². The average molecular weight is 407 g/mol. The van der Waals surface area contributed by atoms with Gasteiger partial charge in [-0.05, 0) is 25.1 Å². The van der Waals surface area contributed by atoms with Crippen LogP contribution in [0.5, 0.6) is 0 Å². The SMILES string of the molecule is CCN(CC)S(=O)(=O)c1ccc(=O)n(CC(=O)N2CCn3cccc3C2C)c1. The highest BCUT2D eigenvalue weighted by Crippen LogP contribution is 2.25. The Morgan fingerprint density at radius 2 is 1.89 bits per heavy atom. The van der Waals surface area contributed by atoms with Gasteiger partial charge in [-0.3, -0.25) is 9.59 Å². The molecule has 8 nitrogen and oxygen atoms in total. The first-order valence-electron chi connectivity index (χ1n) is 9.44. The summed E-state index contributed by atoms with van der Waals surface area (Å²) in [5.74, 6) is -0.209. The normalized spacial score (nSPS) is 17.0. The van der Waals surface area contributed by atoms with Crippen LogP contribution < -0.4 is 5.56 Å². The van der Waals surface area contributed by atoms with Crippen LogP contribution >= 0.6 is 0 Å². The summed E-state index contributed by atoms with van der Waals surface area (Å²) in [6.45, 7) is 7.20. The van der Waals surface area contributed by atoms with Gasteiger partial charge in [-0.25, -0.2) is 8.42 Å². The first kappa shape index (κ1) is 20.3. The maximum Gasteiger partial charge on any atom is 0.251 e. The summed E-state index contributed by atoms with van der Waals surface area (Å²) in [5, 5.41) is 0. The van der Waals surface area contributed by atoms with Crippen molar-refractivity contribution in [1.29, 1.82) is 0 Å². The van der Waals surface area contributed by atoms with Crippen LogP contribution in [-0.2, 0) is 27.9 Å². The molecule has 152 valence electrons. The highest BCUT2D eigenvalue weighted by Gasteiger charge is 2.28. The van der Waals surface area contributed by atoms with Crippen LogP contribution in [0.3, 0.4) is 0 Å². The van der Waals surface area contributed by atoms with Crippen LogP contribution in [-0.4, -0.2) is 52.3 Å². The van der Waals surface area contributed by atoms with E-state index in [4.69, 9.17) is 0 Å². The number of hydrogen-bond acceptors (Lipinski definition) is 4. The molecule has 1 atom stereocenters. The Morgan fingerprint density at radius 1 is 1.18 bits per heavy atom. The number of aromatic nitrogens is 2. The topological polar surface area (TPSA) is 84.6 Å². The van der Waals surface area contributed by atoms with Gasteiger partial charge in [-0.2, -0.15) is 4.31 Å². The van der Waals surface area contributed by atoms with E-state index < -0.39 is 15.6 Å². The maximum atomic E-state index is 12.9. The zero-order chi connectivity index (χ0) is 20.5. The third kappa shape index (κ3) is 3.64. The van der Waals surface area contributed by atoms with E-state index in [1.807, 2.05) is 25.3 Å². The molecule has 0 N–H and O–H groups in total. The number of fused-ring (bicyclic) bond motifs is 1. The summed E-state index contributed by atoms with van der Waals surface area (Å²) in [5.41, 5.74) is 0.643. The number of amides is 1. The molecule has 1 unspecified atom stereocenters. The predicted octanol–water partition coefficient (Wildman–Crippen LogP) is 1.28. The molecule has 9 heteroatoms. The van der Waals surface area contributed by atoms with Crippen molar-refractivity contribution in [2.24, 2.45) is 0 Å². The molecule has 0 saturated carbocycles. The zero-order valence-electron chi connectivity index (χ0n) is 16.4. The van der Waals surface area contributed by atoms with Crippen molar-refractivity contribution in [2.75, 3.05) is 19.6 Å². The van der Waals surface area contributed by atoms with Crippen molar-refractivity contribution in [3.63, 3.8) is 0 Å². The van der Waals surface area contributed by atoms with Gasteiger partial charge in [0.05, 0.1) is 10.9 Å². The fourth-order valence-corrected chi connectivity index (χ4v) is 5.13. The number of carbonyl (C=O) groups excluding carboxylic acids is 1. The van der Waals surface area contributed by atoms with Crippen LogP contribution in [0.15, 0.2) is 46.3 Å². The number of rotatable bonds is 6. The Kier molecular flexibility index (Phi) is 5.76. The molecule has 0 fully saturated rings. The van der Waals surface area contributed by atoms with Crippen LogP contribution in [0.4, 0.5) is 0 Å². The molecule has 0 spiro atoms. The Balaban J connectivity index is 1.85. The monoisotopic (exact) mass is 406 g/mol. The Bertz CT molecular complexity index is 1020. The molecule has 28 heavy (non-hydrogen) atoms. The number of carbonyl (C=O) groups is 1. The summed E-state index contributed by atoms with van der Waals surface area (Å²) in [4.78, 5) is 26.9. The van der Waals surface area contributed by atoms with E-state index in [9.17, 15) is 18.0 Å². The third-order valence-corrected chi connectivity index (χ3v) is 7.30. The lowest BCUT2D eigenvalue weighted by molar-refractivity contribution is -0.135. The minimum Gasteiger partial charge on any atom is -0.348 e. The standard InChI is InChI=1S/C19H26N4O4S/c1-4-22(5-2)28(26,27)16-8-9-18(24)21(13-16)14-19(25)23-12-11-20-10-6-7-17(20)15(23)3/h6-10,13,15H,4-5,11-12,14H2,1-3H3. The number of hydrogen-bond donors (Lipinski definition) is 0. The summed E-state index contributed by atoms with van der Waals surface area (Å²) in [7, 11) is -3.70. The first-order valence-corrected chi connectivity index (χ1v) is 10.9. The van der Waals surface area contributed by atoms with Crippen molar-refractivity contribution in [2.45, 2.75) is 44.8 Å². The second kappa shape index (κ2) is 7.92. The van der Waals surface area contributed by atoms with Crippen LogP contribution in [0.2, 0.25) is 0 Å². The molecule has 3 rings (SSSR count). The Labute approximate surface area is 165 Å². The molecule has 3 heterocycles. The molecule has 0 saturated heterocycles. The maximum absolute atomic E-state index is 12.9. The highest BCUT2D eigenvalue weighted by atomic mass is 32.2. The van der Waals surface area contributed by atoms with Gasteiger partial charge in [0, 0.05) is 50.3 Å². The number of sulfonamides is 1. The van der Waals surface area contributed by atoms with E-state index in [-0.39, 0.29) is 23.4 Å².